The smallest absolute Gasteiger partial charge is 0.330 e. The number of aromatic amines is 1. The fraction of sp³-hybridized carbons (Fsp3) is 0.600. The lowest BCUT2D eigenvalue weighted by atomic mass is 9.98. The van der Waals surface area contributed by atoms with Gasteiger partial charge in [0.25, 0.3) is 5.56 Å². The zero-order valence-corrected chi connectivity index (χ0v) is 10.2. The maximum atomic E-state index is 11.7. The van der Waals surface area contributed by atoms with Crippen LogP contribution in [0.25, 0.3) is 0 Å². The third-order valence-electron chi connectivity index (χ3n) is 3.14. The molecular weight excluding hydrogens is 274 g/mol. The predicted molar refractivity (Wildman–Crippen MR) is 64.8 cm³/mol. The van der Waals surface area contributed by atoms with Crippen molar-refractivity contribution in [1.29, 1.82) is 0 Å². The molecule has 112 valence electrons. The number of nitrogens with one attached hydrogen (secondary N) is 1. The van der Waals surface area contributed by atoms with Gasteiger partial charge in [0.05, 0.1) is 6.61 Å². The fourth-order valence-corrected chi connectivity index (χ4v) is 2.00. The van der Waals surface area contributed by atoms with E-state index in [-0.39, 0.29) is 5.69 Å². The molecule has 1 fully saturated rings. The van der Waals surface area contributed by atoms with E-state index >= 15 is 0 Å². The molecule has 0 radical (unpaired) electrons. The number of aromatic nitrogens is 2. The van der Waals surface area contributed by atoms with E-state index in [0.29, 0.717) is 0 Å². The molecule has 0 aliphatic carbocycles. The highest BCUT2D eigenvalue weighted by atomic mass is 16.6. The number of aliphatic hydroxyl groups is 4. The average molecular weight is 289 g/mol. The van der Waals surface area contributed by atoms with Crippen LogP contribution >= 0.6 is 0 Å². The van der Waals surface area contributed by atoms with Gasteiger partial charge in [0.1, 0.15) is 30.1 Å². The monoisotopic (exact) mass is 289 g/mol. The number of hydrogen-bond acceptors (Lipinski definition) is 8. The van der Waals surface area contributed by atoms with Crippen molar-refractivity contribution >= 4 is 5.69 Å². The van der Waals surface area contributed by atoms with Gasteiger partial charge in [-0.15, -0.1) is 0 Å². The SMILES string of the molecule is Nc1cn([C@H]2O[C@@H](CO)[C@@H](O)[C@@H](O)[C@H]2O)c(=O)[nH]c1=O. The summed E-state index contributed by atoms with van der Waals surface area (Å²) in [6.45, 7) is -0.630. The van der Waals surface area contributed by atoms with Crippen molar-refractivity contribution < 1.29 is 25.2 Å². The standard InChI is InChI=1S/C10H15N3O7/c11-3-1-13(10(19)12-8(3)18)9-7(17)6(16)5(15)4(2-14)20-9/h1,4-7,9,14-17H,2,11H2,(H,12,18,19)/t4-,5+,6+,7+,9-/m0/s1. The summed E-state index contributed by atoms with van der Waals surface area (Å²) in [4.78, 5) is 24.8. The Morgan fingerprint density at radius 3 is 2.50 bits per heavy atom. The van der Waals surface area contributed by atoms with Crippen LogP contribution in [0.1, 0.15) is 6.23 Å². The molecule has 1 aromatic rings. The highest BCUT2D eigenvalue weighted by Gasteiger charge is 2.44. The van der Waals surface area contributed by atoms with E-state index in [1.807, 2.05) is 4.98 Å². The summed E-state index contributed by atoms with van der Waals surface area (Å²) in [5.74, 6) is 0. The fourth-order valence-electron chi connectivity index (χ4n) is 2.00. The largest absolute Gasteiger partial charge is 0.394 e. The quantitative estimate of drug-likeness (QED) is 0.320. The Labute approximate surface area is 111 Å². The van der Waals surface area contributed by atoms with Gasteiger partial charge in [-0.25, -0.2) is 4.79 Å². The zero-order valence-electron chi connectivity index (χ0n) is 10.2. The lowest BCUT2D eigenvalue weighted by Gasteiger charge is -2.40. The normalized spacial score (nSPS) is 34.1. The van der Waals surface area contributed by atoms with Crippen LogP contribution in [0.15, 0.2) is 15.8 Å². The van der Waals surface area contributed by atoms with Crippen LogP contribution in [0.2, 0.25) is 0 Å². The van der Waals surface area contributed by atoms with Crippen LogP contribution < -0.4 is 17.0 Å². The van der Waals surface area contributed by atoms with Crippen LogP contribution in [-0.4, -0.2) is 61.0 Å². The number of H-pyrrole nitrogens is 1. The summed E-state index contributed by atoms with van der Waals surface area (Å²) in [6, 6.07) is 0. The molecule has 2 heterocycles. The second kappa shape index (κ2) is 5.34. The first kappa shape index (κ1) is 14.7. The second-order valence-electron chi connectivity index (χ2n) is 4.47. The van der Waals surface area contributed by atoms with Crippen LogP contribution in [-0.2, 0) is 4.74 Å². The van der Waals surface area contributed by atoms with E-state index in [4.69, 9.17) is 15.6 Å². The van der Waals surface area contributed by atoms with E-state index in [2.05, 4.69) is 0 Å². The number of rotatable bonds is 2. The molecule has 20 heavy (non-hydrogen) atoms. The van der Waals surface area contributed by atoms with Gasteiger partial charge in [-0.3, -0.25) is 14.3 Å². The minimum atomic E-state index is -1.64. The van der Waals surface area contributed by atoms with Gasteiger partial charge in [0.2, 0.25) is 0 Å². The van der Waals surface area contributed by atoms with Crippen molar-refractivity contribution in [3.8, 4) is 0 Å². The van der Waals surface area contributed by atoms with E-state index in [0.717, 1.165) is 10.8 Å². The van der Waals surface area contributed by atoms with Gasteiger partial charge in [-0.05, 0) is 0 Å². The van der Waals surface area contributed by atoms with Crippen molar-refractivity contribution in [3.05, 3.63) is 27.0 Å². The Balaban J connectivity index is 2.44. The number of nitrogen functional groups attached to an aromatic ring is 1. The first-order valence-electron chi connectivity index (χ1n) is 5.78. The summed E-state index contributed by atoms with van der Waals surface area (Å²) < 4.78 is 5.94. The minimum Gasteiger partial charge on any atom is -0.394 e. The molecule has 10 heteroatoms. The van der Waals surface area contributed by atoms with Crippen LogP contribution in [0.3, 0.4) is 0 Å². The molecule has 0 bridgehead atoms. The maximum absolute atomic E-state index is 11.7. The first-order chi connectivity index (χ1) is 9.36. The second-order valence-corrected chi connectivity index (χ2v) is 4.47. The van der Waals surface area contributed by atoms with Crippen LogP contribution in [0, 0.1) is 0 Å². The first-order valence-corrected chi connectivity index (χ1v) is 5.78. The Bertz CT molecular complexity index is 595. The molecular formula is C10H15N3O7. The van der Waals surface area contributed by atoms with Crippen molar-refractivity contribution in [2.24, 2.45) is 0 Å². The molecule has 0 aromatic carbocycles. The predicted octanol–water partition coefficient (Wildman–Crippen LogP) is -3.91. The number of ether oxygens (including phenoxy) is 1. The summed E-state index contributed by atoms with van der Waals surface area (Å²) in [7, 11) is 0. The van der Waals surface area contributed by atoms with Crippen molar-refractivity contribution in [2.75, 3.05) is 12.3 Å². The average Bonchev–Trinajstić information content (AvgIpc) is 2.41. The van der Waals surface area contributed by atoms with Gasteiger partial charge < -0.3 is 30.9 Å². The van der Waals surface area contributed by atoms with Gasteiger partial charge >= 0.3 is 5.69 Å². The van der Waals surface area contributed by atoms with E-state index in [9.17, 15) is 24.9 Å². The molecule has 1 aromatic heterocycles. The summed E-state index contributed by atoms with van der Waals surface area (Å²) in [5.41, 5.74) is 3.37. The maximum Gasteiger partial charge on any atom is 0.330 e. The van der Waals surface area contributed by atoms with Crippen LogP contribution in [0.5, 0.6) is 0 Å². The third-order valence-corrected chi connectivity index (χ3v) is 3.14. The Morgan fingerprint density at radius 2 is 1.90 bits per heavy atom. The molecule has 1 aliphatic rings. The number of nitrogens with zero attached hydrogens (tertiary/aromatic N) is 1. The van der Waals surface area contributed by atoms with Crippen molar-refractivity contribution in [3.63, 3.8) is 0 Å². The lowest BCUT2D eigenvalue weighted by Crippen LogP contribution is -2.57. The molecule has 1 saturated heterocycles. The van der Waals surface area contributed by atoms with Gasteiger partial charge in [-0.1, -0.05) is 0 Å². The number of aliphatic hydroxyl groups excluding tert-OH is 4. The van der Waals surface area contributed by atoms with E-state index in [1.165, 1.54) is 0 Å². The number of hydrogen-bond donors (Lipinski definition) is 6. The van der Waals surface area contributed by atoms with Gasteiger partial charge in [-0.2, -0.15) is 0 Å². The van der Waals surface area contributed by atoms with Gasteiger partial charge in [0, 0.05) is 6.20 Å². The molecule has 1 aliphatic heterocycles. The minimum absolute atomic E-state index is 0.290. The topological polar surface area (TPSA) is 171 Å². The molecule has 0 saturated carbocycles. The zero-order chi connectivity index (χ0) is 15.0. The van der Waals surface area contributed by atoms with E-state index < -0.39 is 48.5 Å². The summed E-state index contributed by atoms with van der Waals surface area (Å²) in [5, 5.41) is 38.2. The number of anilines is 1. The molecule has 0 spiro atoms. The molecule has 7 N–H and O–H groups in total. The van der Waals surface area contributed by atoms with Crippen molar-refractivity contribution in [2.45, 2.75) is 30.6 Å². The van der Waals surface area contributed by atoms with Gasteiger partial charge in [0.15, 0.2) is 6.23 Å². The number of nitrogens with two attached hydrogens (primary N) is 1. The van der Waals surface area contributed by atoms with E-state index in [1.54, 1.807) is 0 Å². The third kappa shape index (κ3) is 2.34. The summed E-state index contributed by atoms with van der Waals surface area (Å²) >= 11 is 0. The van der Waals surface area contributed by atoms with Crippen LogP contribution in [0.4, 0.5) is 5.69 Å². The Morgan fingerprint density at radius 1 is 1.25 bits per heavy atom. The van der Waals surface area contributed by atoms with Crippen molar-refractivity contribution in [1.82, 2.24) is 9.55 Å². The molecule has 0 amide bonds. The lowest BCUT2D eigenvalue weighted by molar-refractivity contribution is -0.252. The Kier molecular flexibility index (Phi) is 3.92. The summed E-state index contributed by atoms with van der Waals surface area (Å²) in [6.07, 6.45) is -6.44. The highest BCUT2D eigenvalue weighted by molar-refractivity contribution is 5.30. The highest BCUT2D eigenvalue weighted by Crippen LogP contribution is 2.27. The molecule has 2 rings (SSSR count). The molecule has 5 atom stereocenters. The Hall–Kier alpha value is -1.72. The molecule has 10 nitrogen and oxygen atoms in total. The molecule has 0 unspecified atom stereocenters.